The lowest BCUT2D eigenvalue weighted by Gasteiger charge is -2.26. The van der Waals surface area contributed by atoms with E-state index in [1.165, 1.54) is 7.11 Å². The van der Waals surface area contributed by atoms with Gasteiger partial charge in [0.15, 0.2) is 5.96 Å². The molecule has 0 fully saturated rings. The summed E-state index contributed by atoms with van der Waals surface area (Å²) in [6.45, 7) is 0.902. The van der Waals surface area contributed by atoms with Gasteiger partial charge >= 0.3 is 6.18 Å². The molecule has 8 heteroatoms. The minimum Gasteiger partial charge on any atom is -0.383 e. The summed E-state index contributed by atoms with van der Waals surface area (Å²) in [5.74, 6) is -0.716. The Morgan fingerprint density at radius 2 is 2.10 bits per heavy atom. The Morgan fingerprint density at radius 1 is 1.38 bits per heavy atom. The molecular weight excluding hydrogens is 290 g/mol. The van der Waals surface area contributed by atoms with Crippen molar-refractivity contribution in [3.05, 3.63) is 35.1 Å². The number of benzene rings is 1. The molecule has 1 aromatic rings. The number of hydrogen-bond acceptors (Lipinski definition) is 4. The molecule has 1 atom stereocenters. The molecule has 2 rings (SSSR count). The molecule has 0 amide bonds. The van der Waals surface area contributed by atoms with Crippen LogP contribution >= 0.6 is 0 Å². The third-order valence-electron chi connectivity index (χ3n) is 3.27. The fraction of sp³-hybridized carbons (Fsp3) is 0.462. The van der Waals surface area contributed by atoms with Crippen LogP contribution in [0, 0.1) is 5.82 Å². The quantitative estimate of drug-likeness (QED) is 0.867. The molecule has 0 spiro atoms. The first-order valence-corrected chi connectivity index (χ1v) is 6.26. The van der Waals surface area contributed by atoms with E-state index in [4.69, 9.17) is 10.5 Å². The summed E-state index contributed by atoms with van der Waals surface area (Å²) in [4.78, 5) is 5.62. The highest BCUT2D eigenvalue weighted by atomic mass is 19.4. The number of methoxy groups -OCH3 is 1. The van der Waals surface area contributed by atoms with Gasteiger partial charge in [-0.3, -0.25) is 4.99 Å². The molecule has 0 aliphatic carbocycles. The Hall–Kier alpha value is -1.83. The largest absolute Gasteiger partial charge is 0.416 e. The molecule has 0 saturated carbocycles. The van der Waals surface area contributed by atoms with Crippen LogP contribution in [0.3, 0.4) is 0 Å². The minimum absolute atomic E-state index is 0.191. The smallest absolute Gasteiger partial charge is 0.383 e. The van der Waals surface area contributed by atoms with Crippen molar-refractivity contribution in [2.75, 3.05) is 26.8 Å². The highest BCUT2D eigenvalue weighted by Crippen LogP contribution is 2.34. The molecule has 0 aromatic heterocycles. The fourth-order valence-electron chi connectivity index (χ4n) is 2.24. The number of nitrogens with zero attached hydrogens (tertiary/aromatic N) is 2. The molecule has 1 heterocycles. The van der Waals surface area contributed by atoms with Gasteiger partial charge in [0.1, 0.15) is 5.82 Å². The predicted molar refractivity (Wildman–Crippen MR) is 69.2 cm³/mol. The predicted octanol–water partition coefficient (Wildman–Crippen LogP) is 2.16. The lowest BCUT2D eigenvalue weighted by atomic mass is 10.0. The van der Waals surface area contributed by atoms with Crippen LogP contribution in [-0.2, 0) is 10.9 Å². The summed E-state index contributed by atoms with van der Waals surface area (Å²) in [5, 5.41) is 0. The van der Waals surface area contributed by atoms with E-state index < -0.39 is 23.6 Å². The second-order valence-electron chi connectivity index (χ2n) is 4.67. The van der Waals surface area contributed by atoms with Gasteiger partial charge in [-0.25, -0.2) is 4.39 Å². The van der Waals surface area contributed by atoms with E-state index in [1.54, 1.807) is 4.90 Å². The van der Waals surface area contributed by atoms with Gasteiger partial charge in [0.2, 0.25) is 0 Å². The van der Waals surface area contributed by atoms with Gasteiger partial charge in [0.25, 0.3) is 0 Å². The number of guanidine groups is 1. The monoisotopic (exact) mass is 305 g/mol. The molecule has 21 heavy (non-hydrogen) atoms. The average molecular weight is 305 g/mol. The number of hydrogen-bond donors (Lipinski definition) is 1. The van der Waals surface area contributed by atoms with Crippen LogP contribution in [0.25, 0.3) is 0 Å². The zero-order chi connectivity index (χ0) is 15.6. The van der Waals surface area contributed by atoms with E-state index in [2.05, 4.69) is 4.99 Å². The van der Waals surface area contributed by atoms with Gasteiger partial charge in [-0.05, 0) is 23.8 Å². The van der Waals surface area contributed by atoms with Crippen LogP contribution in [-0.4, -0.2) is 37.7 Å². The zero-order valence-electron chi connectivity index (χ0n) is 11.3. The highest BCUT2D eigenvalue weighted by Gasteiger charge is 2.34. The van der Waals surface area contributed by atoms with Crippen LogP contribution in [0.4, 0.5) is 17.6 Å². The molecule has 2 N–H and O–H groups in total. The minimum atomic E-state index is -4.60. The first kappa shape index (κ1) is 15.6. The van der Waals surface area contributed by atoms with Gasteiger partial charge < -0.3 is 15.4 Å². The second-order valence-corrected chi connectivity index (χ2v) is 4.67. The number of nitrogens with two attached hydrogens (primary N) is 1. The van der Waals surface area contributed by atoms with Crippen LogP contribution < -0.4 is 5.73 Å². The lowest BCUT2D eigenvalue weighted by Crippen LogP contribution is -2.38. The molecule has 1 unspecified atom stereocenters. The Kier molecular flexibility index (Phi) is 4.36. The van der Waals surface area contributed by atoms with Crippen LogP contribution in [0.15, 0.2) is 23.2 Å². The van der Waals surface area contributed by atoms with Crippen molar-refractivity contribution < 1.29 is 22.3 Å². The van der Waals surface area contributed by atoms with Crippen molar-refractivity contribution in [3.8, 4) is 0 Å². The third kappa shape index (κ3) is 3.44. The van der Waals surface area contributed by atoms with E-state index in [0.717, 1.165) is 12.1 Å². The van der Waals surface area contributed by atoms with Gasteiger partial charge in [0.05, 0.1) is 24.8 Å². The van der Waals surface area contributed by atoms with Gasteiger partial charge in [0, 0.05) is 13.7 Å². The van der Waals surface area contributed by atoms with E-state index >= 15 is 0 Å². The second kappa shape index (κ2) is 5.88. The van der Waals surface area contributed by atoms with Crippen molar-refractivity contribution >= 4 is 5.96 Å². The average Bonchev–Trinajstić information content (AvgIpc) is 2.76. The topological polar surface area (TPSA) is 50.9 Å². The molecule has 1 aliphatic heterocycles. The van der Waals surface area contributed by atoms with Crippen molar-refractivity contribution in [2.24, 2.45) is 10.7 Å². The zero-order valence-corrected chi connectivity index (χ0v) is 11.3. The van der Waals surface area contributed by atoms with Crippen molar-refractivity contribution in [1.82, 2.24) is 4.90 Å². The first-order valence-electron chi connectivity index (χ1n) is 6.26. The third-order valence-corrected chi connectivity index (χ3v) is 3.27. The normalized spacial score (nSPS) is 19.0. The highest BCUT2D eigenvalue weighted by molar-refractivity contribution is 5.80. The number of ether oxygens (including phenoxy) is 1. The van der Waals surface area contributed by atoms with Crippen LogP contribution in [0.1, 0.15) is 17.2 Å². The molecule has 0 radical (unpaired) electrons. The Balaban J connectivity index is 2.31. The standard InChI is InChI=1S/C13H15F4N3O/c1-21-3-2-20-11(7-19-12(20)18)8-4-9(13(15,16)17)6-10(14)5-8/h4-6,11H,2-3,7H2,1H3,(H2,18,19). The van der Waals surface area contributed by atoms with E-state index in [9.17, 15) is 17.6 Å². The fourth-order valence-corrected chi connectivity index (χ4v) is 2.24. The van der Waals surface area contributed by atoms with Crippen LogP contribution in [0.2, 0.25) is 0 Å². The van der Waals surface area contributed by atoms with Crippen molar-refractivity contribution in [3.63, 3.8) is 0 Å². The SMILES string of the molecule is COCCN1C(N)=NCC1c1cc(F)cc(C(F)(F)F)c1. The molecule has 116 valence electrons. The van der Waals surface area contributed by atoms with E-state index in [1.807, 2.05) is 0 Å². The molecule has 0 saturated heterocycles. The van der Waals surface area contributed by atoms with Gasteiger partial charge in [-0.1, -0.05) is 0 Å². The number of halogens is 4. The molecule has 1 aliphatic rings. The summed E-state index contributed by atoms with van der Waals surface area (Å²) in [7, 11) is 1.50. The van der Waals surface area contributed by atoms with Crippen molar-refractivity contribution in [2.45, 2.75) is 12.2 Å². The Bertz CT molecular complexity index is 545. The Labute approximate surface area is 119 Å². The van der Waals surface area contributed by atoms with Crippen molar-refractivity contribution in [1.29, 1.82) is 0 Å². The molecule has 0 bridgehead atoms. The van der Waals surface area contributed by atoms with Gasteiger partial charge in [-0.2, -0.15) is 13.2 Å². The summed E-state index contributed by atoms with van der Waals surface area (Å²) in [5.41, 5.74) is 4.89. The molecular formula is C13H15F4N3O. The van der Waals surface area contributed by atoms with E-state index in [0.29, 0.717) is 19.2 Å². The summed E-state index contributed by atoms with van der Waals surface area (Å²) in [6.07, 6.45) is -4.60. The van der Waals surface area contributed by atoms with E-state index in [-0.39, 0.29) is 18.1 Å². The maximum Gasteiger partial charge on any atom is 0.416 e. The van der Waals surface area contributed by atoms with Gasteiger partial charge in [-0.15, -0.1) is 0 Å². The summed E-state index contributed by atoms with van der Waals surface area (Å²) < 4.78 is 56.7. The maximum atomic E-state index is 13.5. The molecule has 1 aromatic carbocycles. The number of aliphatic imine (C=N–C) groups is 1. The Morgan fingerprint density at radius 3 is 2.71 bits per heavy atom. The first-order chi connectivity index (χ1) is 9.82. The number of alkyl halides is 3. The van der Waals surface area contributed by atoms with Crippen LogP contribution in [0.5, 0.6) is 0 Å². The number of rotatable bonds is 4. The summed E-state index contributed by atoms with van der Waals surface area (Å²) in [6, 6.07) is 1.97. The summed E-state index contributed by atoms with van der Waals surface area (Å²) >= 11 is 0. The molecule has 4 nitrogen and oxygen atoms in total. The lowest BCUT2D eigenvalue weighted by molar-refractivity contribution is -0.137. The maximum absolute atomic E-state index is 13.5.